The molecule has 0 aliphatic carbocycles. The fourth-order valence-corrected chi connectivity index (χ4v) is 1.92. The number of rotatable bonds is 5. The summed E-state index contributed by atoms with van der Waals surface area (Å²) < 4.78 is 5.56. The average Bonchev–Trinajstić information content (AvgIpc) is 2.46. The number of carboxylic acids is 1. The molecule has 0 saturated carbocycles. The van der Waals surface area contributed by atoms with Gasteiger partial charge >= 0.3 is 5.97 Å². The number of pyridine rings is 1. The van der Waals surface area contributed by atoms with Crippen molar-refractivity contribution in [1.82, 2.24) is 4.98 Å². The number of carbonyl (C=O) groups is 1. The first-order valence-corrected chi connectivity index (χ1v) is 6.87. The zero-order valence-electron chi connectivity index (χ0n) is 10.4. The third-order valence-electron chi connectivity index (χ3n) is 2.47. The Morgan fingerprint density at radius 1 is 1.26 bits per heavy atom. The van der Waals surface area contributed by atoms with Gasteiger partial charge in [-0.2, -0.15) is 0 Å². The van der Waals surface area contributed by atoms with Gasteiger partial charge in [-0.3, -0.25) is 0 Å². The predicted octanol–water partition coefficient (Wildman–Crippen LogP) is 3.08. The minimum Gasteiger partial charge on any atom is -0.487 e. The fourth-order valence-electron chi connectivity index (χ4n) is 1.51. The largest absolute Gasteiger partial charge is 0.487 e. The van der Waals surface area contributed by atoms with Crippen LogP contribution in [0.3, 0.4) is 0 Å². The average molecular weight is 275 g/mol. The van der Waals surface area contributed by atoms with Gasteiger partial charge in [-0.25, -0.2) is 9.78 Å². The molecule has 1 aromatic heterocycles. The Labute approximate surface area is 115 Å². The molecule has 0 radical (unpaired) electrons. The van der Waals surface area contributed by atoms with E-state index in [1.807, 2.05) is 30.5 Å². The van der Waals surface area contributed by atoms with Crippen molar-refractivity contribution in [1.29, 1.82) is 0 Å². The summed E-state index contributed by atoms with van der Waals surface area (Å²) in [4.78, 5) is 15.9. The van der Waals surface area contributed by atoms with E-state index in [-0.39, 0.29) is 12.3 Å². The summed E-state index contributed by atoms with van der Waals surface area (Å²) in [5, 5.41) is 8.85. The van der Waals surface area contributed by atoms with Crippen molar-refractivity contribution < 1.29 is 14.6 Å². The maximum absolute atomic E-state index is 10.8. The zero-order valence-corrected chi connectivity index (χ0v) is 11.2. The van der Waals surface area contributed by atoms with Crippen molar-refractivity contribution in [3.8, 4) is 5.75 Å². The standard InChI is InChI=1S/C14H13NO3S/c1-19-12-7-5-11(6-8-12)18-9-10-3-2-4-13(15-10)14(16)17/h2-8H,9H2,1H3,(H,16,17). The third-order valence-corrected chi connectivity index (χ3v) is 3.22. The van der Waals surface area contributed by atoms with Crippen molar-refractivity contribution in [2.24, 2.45) is 0 Å². The fraction of sp³-hybridized carbons (Fsp3) is 0.143. The number of aromatic carboxylic acids is 1. The van der Waals surface area contributed by atoms with Crippen LogP contribution < -0.4 is 4.74 Å². The number of carboxylic acid groups (broad SMARTS) is 1. The van der Waals surface area contributed by atoms with E-state index in [9.17, 15) is 4.79 Å². The first-order chi connectivity index (χ1) is 9.19. The Balaban J connectivity index is 2.01. The summed E-state index contributed by atoms with van der Waals surface area (Å²) in [6.07, 6.45) is 2.01. The molecular weight excluding hydrogens is 262 g/mol. The Bertz CT molecular complexity index is 569. The number of aromatic nitrogens is 1. The van der Waals surface area contributed by atoms with Crippen LogP contribution in [0, 0.1) is 0 Å². The number of hydrogen-bond acceptors (Lipinski definition) is 4. The van der Waals surface area contributed by atoms with E-state index in [0.29, 0.717) is 5.69 Å². The molecule has 0 saturated heterocycles. The highest BCUT2D eigenvalue weighted by Crippen LogP contribution is 2.19. The molecule has 0 bridgehead atoms. The van der Waals surface area contributed by atoms with Crippen molar-refractivity contribution in [2.45, 2.75) is 11.5 Å². The highest BCUT2D eigenvalue weighted by molar-refractivity contribution is 7.98. The van der Waals surface area contributed by atoms with Crippen LogP contribution >= 0.6 is 11.8 Å². The smallest absolute Gasteiger partial charge is 0.354 e. The normalized spacial score (nSPS) is 10.2. The van der Waals surface area contributed by atoms with Crippen LogP contribution in [0.5, 0.6) is 5.75 Å². The van der Waals surface area contributed by atoms with Gasteiger partial charge in [-0.05, 0) is 42.7 Å². The zero-order chi connectivity index (χ0) is 13.7. The summed E-state index contributed by atoms with van der Waals surface area (Å²) in [5.74, 6) is -0.300. The second kappa shape index (κ2) is 6.24. The molecule has 4 nitrogen and oxygen atoms in total. The minimum absolute atomic E-state index is 0.0267. The number of hydrogen-bond donors (Lipinski definition) is 1. The summed E-state index contributed by atoms with van der Waals surface area (Å²) in [6.45, 7) is 0.250. The van der Waals surface area contributed by atoms with Crippen LogP contribution in [-0.2, 0) is 6.61 Å². The number of thioether (sulfide) groups is 1. The molecule has 1 N–H and O–H groups in total. The van der Waals surface area contributed by atoms with Crippen LogP contribution in [0.1, 0.15) is 16.2 Å². The molecule has 0 spiro atoms. The molecule has 2 aromatic rings. The molecule has 0 aliphatic heterocycles. The van der Waals surface area contributed by atoms with Crippen molar-refractivity contribution in [2.75, 3.05) is 6.26 Å². The van der Waals surface area contributed by atoms with E-state index in [1.54, 1.807) is 23.9 Å². The Morgan fingerprint density at radius 2 is 2.00 bits per heavy atom. The molecule has 0 fully saturated rings. The molecule has 0 aliphatic rings. The monoisotopic (exact) mass is 275 g/mol. The van der Waals surface area contributed by atoms with Gasteiger partial charge in [0.2, 0.25) is 0 Å². The van der Waals surface area contributed by atoms with E-state index < -0.39 is 5.97 Å². The van der Waals surface area contributed by atoms with Gasteiger partial charge in [0.15, 0.2) is 0 Å². The molecule has 5 heteroatoms. The van der Waals surface area contributed by atoms with E-state index in [2.05, 4.69) is 4.98 Å². The molecule has 1 aromatic carbocycles. The summed E-state index contributed by atoms with van der Waals surface area (Å²) in [7, 11) is 0. The van der Waals surface area contributed by atoms with Crippen LogP contribution in [0.4, 0.5) is 0 Å². The lowest BCUT2D eigenvalue weighted by Crippen LogP contribution is -2.04. The van der Waals surface area contributed by atoms with Crippen molar-refractivity contribution in [3.05, 3.63) is 53.9 Å². The second-order valence-electron chi connectivity index (χ2n) is 3.78. The van der Waals surface area contributed by atoms with Gasteiger partial charge in [-0.1, -0.05) is 6.07 Å². The van der Waals surface area contributed by atoms with E-state index in [4.69, 9.17) is 9.84 Å². The van der Waals surface area contributed by atoms with E-state index >= 15 is 0 Å². The van der Waals surface area contributed by atoms with E-state index in [0.717, 1.165) is 5.75 Å². The molecule has 0 unspecified atom stereocenters. The van der Waals surface area contributed by atoms with Gasteiger partial charge in [0.05, 0.1) is 5.69 Å². The highest BCUT2D eigenvalue weighted by Gasteiger charge is 2.05. The minimum atomic E-state index is -1.04. The molecule has 0 amide bonds. The highest BCUT2D eigenvalue weighted by atomic mass is 32.2. The van der Waals surface area contributed by atoms with Crippen molar-refractivity contribution in [3.63, 3.8) is 0 Å². The van der Waals surface area contributed by atoms with Gasteiger partial charge in [0, 0.05) is 4.90 Å². The van der Waals surface area contributed by atoms with Gasteiger partial charge in [-0.15, -0.1) is 11.8 Å². The quantitative estimate of drug-likeness (QED) is 0.850. The van der Waals surface area contributed by atoms with Gasteiger partial charge in [0.1, 0.15) is 18.1 Å². The summed E-state index contributed by atoms with van der Waals surface area (Å²) >= 11 is 1.66. The molecule has 0 atom stereocenters. The lowest BCUT2D eigenvalue weighted by Gasteiger charge is -2.06. The van der Waals surface area contributed by atoms with Gasteiger partial charge in [0.25, 0.3) is 0 Å². The van der Waals surface area contributed by atoms with Crippen LogP contribution in [0.2, 0.25) is 0 Å². The summed E-state index contributed by atoms with van der Waals surface area (Å²) in [5.41, 5.74) is 0.618. The molecule has 2 rings (SSSR count). The Morgan fingerprint density at radius 3 is 2.63 bits per heavy atom. The lowest BCUT2D eigenvalue weighted by atomic mass is 10.3. The topological polar surface area (TPSA) is 59.4 Å². The first-order valence-electron chi connectivity index (χ1n) is 5.65. The Kier molecular flexibility index (Phi) is 4.41. The SMILES string of the molecule is CSc1ccc(OCc2cccc(C(=O)O)n2)cc1. The predicted molar refractivity (Wildman–Crippen MR) is 73.8 cm³/mol. The maximum Gasteiger partial charge on any atom is 0.354 e. The first kappa shape index (κ1) is 13.4. The number of benzene rings is 1. The lowest BCUT2D eigenvalue weighted by molar-refractivity contribution is 0.0690. The van der Waals surface area contributed by atoms with E-state index in [1.165, 1.54) is 11.0 Å². The third kappa shape index (κ3) is 3.72. The number of ether oxygens (including phenoxy) is 1. The molecule has 19 heavy (non-hydrogen) atoms. The number of nitrogens with zero attached hydrogens (tertiary/aromatic N) is 1. The van der Waals surface area contributed by atoms with Crippen molar-refractivity contribution >= 4 is 17.7 Å². The van der Waals surface area contributed by atoms with Gasteiger partial charge < -0.3 is 9.84 Å². The molecular formula is C14H13NO3S. The van der Waals surface area contributed by atoms with Crippen LogP contribution in [0.15, 0.2) is 47.4 Å². The molecule has 1 heterocycles. The Hall–Kier alpha value is -2.01. The maximum atomic E-state index is 10.8. The van der Waals surface area contributed by atoms with Crippen LogP contribution in [-0.4, -0.2) is 22.3 Å². The molecule has 98 valence electrons. The van der Waals surface area contributed by atoms with Crippen LogP contribution in [0.25, 0.3) is 0 Å². The second-order valence-corrected chi connectivity index (χ2v) is 4.66. The summed E-state index contributed by atoms with van der Waals surface area (Å²) in [6, 6.07) is 12.6.